The third-order valence-corrected chi connectivity index (χ3v) is 3.98. The van der Waals surface area contributed by atoms with Crippen LogP contribution in [0.2, 0.25) is 0 Å². The highest BCUT2D eigenvalue weighted by molar-refractivity contribution is 7.80. The lowest BCUT2D eigenvalue weighted by Gasteiger charge is -2.15. The van der Waals surface area contributed by atoms with Crippen molar-refractivity contribution in [1.29, 1.82) is 0 Å². The lowest BCUT2D eigenvalue weighted by molar-refractivity contribution is -0.385. The number of carbonyl (C=O) groups excluding carboxylic acids is 1. The molecular formula is C15H16N6O6S. The first kappa shape index (κ1) is 19.2. The van der Waals surface area contributed by atoms with Crippen LogP contribution in [0.25, 0.3) is 0 Å². The summed E-state index contributed by atoms with van der Waals surface area (Å²) in [6.07, 6.45) is 1.12. The van der Waals surface area contributed by atoms with Crippen LogP contribution in [0.5, 0.6) is 17.4 Å². The van der Waals surface area contributed by atoms with Crippen molar-refractivity contribution in [2.75, 3.05) is 19.2 Å². The van der Waals surface area contributed by atoms with E-state index in [0.717, 1.165) is 10.9 Å². The SMILES string of the molecule is COc1nn([C@@H](C)C(=O)NNC(=S)Nc2ccc3c(c2)OCO3)cc1[N+](=O)[O-]. The molecule has 1 aromatic heterocycles. The Morgan fingerprint density at radius 2 is 2.14 bits per heavy atom. The molecule has 1 atom stereocenters. The number of hydrazine groups is 1. The molecule has 0 fully saturated rings. The van der Waals surface area contributed by atoms with Crippen LogP contribution in [0.1, 0.15) is 13.0 Å². The van der Waals surface area contributed by atoms with Crippen molar-refractivity contribution in [3.8, 4) is 17.4 Å². The summed E-state index contributed by atoms with van der Waals surface area (Å²) in [6.45, 7) is 1.67. The number of hydrogen-bond donors (Lipinski definition) is 3. The second kappa shape index (κ2) is 7.96. The predicted octanol–water partition coefficient (Wildman–Crippen LogP) is 1.11. The van der Waals surface area contributed by atoms with E-state index in [1.54, 1.807) is 18.2 Å². The van der Waals surface area contributed by atoms with E-state index in [1.807, 2.05) is 0 Å². The minimum Gasteiger partial charge on any atom is -0.475 e. The van der Waals surface area contributed by atoms with Gasteiger partial charge >= 0.3 is 11.6 Å². The Morgan fingerprint density at radius 1 is 1.39 bits per heavy atom. The first-order valence-corrected chi connectivity index (χ1v) is 8.34. The molecule has 1 amide bonds. The maximum absolute atomic E-state index is 12.3. The number of rotatable bonds is 5. The summed E-state index contributed by atoms with van der Waals surface area (Å²) in [5.74, 6) is 0.516. The lowest BCUT2D eigenvalue weighted by Crippen LogP contribution is -2.46. The fourth-order valence-corrected chi connectivity index (χ4v) is 2.48. The highest BCUT2D eigenvalue weighted by atomic mass is 32.1. The van der Waals surface area contributed by atoms with Gasteiger partial charge in [-0.2, -0.15) is 0 Å². The molecule has 0 aliphatic carbocycles. The van der Waals surface area contributed by atoms with Crippen LogP contribution < -0.4 is 30.4 Å². The van der Waals surface area contributed by atoms with Crippen LogP contribution in [0, 0.1) is 10.1 Å². The molecule has 1 aliphatic heterocycles. The Bertz CT molecular complexity index is 932. The number of methoxy groups -OCH3 is 1. The first-order valence-electron chi connectivity index (χ1n) is 7.93. The zero-order valence-corrected chi connectivity index (χ0v) is 15.6. The Morgan fingerprint density at radius 3 is 2.82 bits per heavy atom. The molecule has 3 N–H and O–H groups in total. The number of ether oxygens (including phenoxy) is 3. The van der Waals surface area contributed by atoms with Crippen molar-refractivity contribution in [3.05, 3.63) is 34.5 Å². The minimum atomic E-state index is -0.858. The number of nitrogens with one attached hydrogen (secondary N) is 3. The minimum absolute atomic E-state index is 0.128. The van der Waals surface area contributed by atoms with Gasteiger partial charge in [-0.25, -0.2) is 4.68 Å². The molecule has 0 bridgehead atoms. The molecule has 0 saturated heterocycles. The Balaban J connectivity index is 1.56. The molecule has 148 valence electrons. The monoisotopic (exact) mass is 408 g/mol. The van der Waals surface area contributed by atoms with Gasteiger partial charge in [-0.1, -0.05) is 0 Å². The van der Waals surface area contributed by atoms with E-state index in [9.17, 15) is 14.9 Å². The highest BCUT2D eigenvalue weighted by Crippen LogP contribution is 2.34. The van der Waals surface area contributed by atoms with E-state index in [-0.39, 0.29) is 23.5 Å². The number of hydrogen-bond acceptors (Lipinski definition) is 8. The summed E-state index contributed by atoms with van der Waals surface area (Å²) < 4.78 is 16.5. The number of thiocarbonyl (C=S) groups is 1. The second-order valence-electron chi connectivity index (χ2n) is 5.57. The van der Waals surface area contributed by atoms with Gasteiger partial charge < -0.3 is 19.5 Å². The zero-order chi connectivity index (χ0) is 20.3. The average Bonchev–Trinajstić information content (AvgIpc) is 3.31. The number of fused-ring (bicyclic) bond motifs is 1. The van der Waals surface area contributed by atoms with Gasteiger partial charge in [0.25, 0.3) is 5.91 Å². The van der Waals surface area contributed by atoms with Crippen molar-refractivity contribution in [1.82, 2.24) is 20.6 Å². The summed E-state index contributed by atoms with van der Waals surface area (Å²) in [6, 6.07) is 4.31. The highest BCUT2D eigenvalue weighted by Gasteiger charge is 2.25. The Kier molecular flexibility index (Phi) is 5.44. The van der Waals surface area contributed by atoms with E-state index in [1.165, 1.54) is 14.0 Å². The predicted molar refractivity (Wildman–Crippen MR) is 100 cm³/mol. The molecule has 1 aliphatic rings. The van der Waals surface area contributed by atoms with Crippen molar-refractivity contribution < 1.29 is 23.9 Å². The topological polar surface area (TPSA) is 142 Å². The summed E-state index contributed by atoms with van der Waals surface area (Å²) in [7, 11) is 1.26. The van der Waals surface area contributed by atoms with Crippen LogP contribution in [0.4, 0.5) is 11.4 Å². The number of nitrogens with zero attached hydrogens (tertiary/aromatic N) is 3. The third kappa shape index (κ3) is 4.03. The zero-order valence-electron chi connectivity index (χ0n) is 14.8. The third-order valence-electron chi connectivity index (χ3n) is 3.78. The van der Waals surface area contributed by atoms with Crippen LogP contribution in [-0.2, 0) is 4.79 Å². The number of carbonyl (C=O) groups is 1. The van der Waals surface area contributed by atoms with Gasteiger partial charge in [0.1, 0.15) is 12.2 Å². The molecule has 1 aromatic carbocycles. The number of anilines is 1. The van der Waals surface area contributed by atoms with Crippen LogP contribution >= 0.6 is 12.2 Å². The molecule has 0 spiro atoms. The van der Waals surface area contributed by atoms with E-state index in [2.05, 4.69) is 21.3 Å². The van der Waals surface area contributed by atoms with Crippen molar-refractivity contribution >= 4 is 34.6 Å². The quantitative estimate of drug-likeness (QED) is 0.374. The summed E-state index contributed by atoms with van der Waals surface area (Å²) in [5.41, 5.74) is 5.26. The van der Waals surface area contributed by atoms with E-state index in [4.69, 9.17) is 26.4 Å². The fourth-order valence-electron chi connectivity index (χ4n) is 2.31. The Labute approximate surface area is 163 Å². The van der Waals surface area contributed by atoms with Gasteiger partial charge in [-0.05, 0) is 31.3 Å². The second-order valence-corrected chi connectivity index (χ2v) is 5.98. The van der Waals surface area contributed by atoms with E-state index < -0.39 is 16.9 Å². The van der Waals surface area contributed by atoms with Crippen molar-refractivity contribution in [3.63, 3.8) is 0 Å². The standard InChI is InChI=1S/C15H16N6O6S/c1-8(20-6-10(21(23)24)14(19-20)25-2)13(22)17-18-15(28)16-9-3-4-11-12(5-9)27-7-26-11/h3-6,8H,7H2,1-2H3,(H,17,22)(H2,16,18,28)/t8-/m0/s1. The fraction of sp³-hybridized carbons (Fsp3) is 0.267. The Hall–Kier alpha value is -3.61. The molecule has 0 radical (unpaired) electrons. The van der Waals surface area contributed by atoms with Gasteiger partial charge in [-0.3, -0.25) is 25.8 Å². The normalized spacial score (nSPS) is 12.8. The van der Waals surface area contributed by atoms with E-state index in [0.29, 0.717) is 17.2 Å². The molecule has 0 saturated carbocycles. The number of benzene rings is 1. The van der Waals surface area contributed by atoms with E-state index >= 15 is 0 Å². The molecular weight excluding hydrogens is 392 g/mol. The first-order chi connectivity index (χ1) is 13.4. The molecule has 3 rings (SSSR count). The van der Waals surface area contributed by atoms with Gasteiger partial charge in [0.2, 0.25) is 6.79 Å². The van der Waals surface area contributed by atoms with Gasteiger partial charge in [0.05, 0.1) is 12.0 Å². The molecule has 12 nitrogen and oxygen atoms in total. The smallest absolute Gasteiger partial charge is 0.350 e. The summed E-state index contributed by atoms with van der Waals surface area (Å²) in [4.78, 5) is 22.6. The van der Waals surface area contributed by atoms with Gasteiger partial charge in [0.15, 0.2) is 16.6 Å². The summed E-state index contributed by atoms with van der Waals surface area (Å²) in [5, 5.41) is 17.9. The van der Waals surface area contributed by atoms with Crippen molar-refractivity contribution in [2.24, 2.45) is 0 Å². The molecule has 13 heteroatoms. The average molecular weight is 408 g/mol. The molecule has 28 heavy (non-hydrogen) atoms. The maximum Gasteiger partial charge on any atom is 0.350 e. The molecule has 2 aromatic rings. The molecule has 2 heterocycles. The van der Waals surface area contributed by atoms with Gasteiger partial charge in [-0.15, -0.1) is 5.10 Å². The number of nitro groups is 1. The van der Waals surface area contributed by atoms with Crippen molar-refractivity contribution in [2.45, 2.75) is 13.0 Å². The van der Waals surface area contributed by atoms with Crippen LogP contribution in [0.3, 0.4) is 0 Å². The number of amides is 1. The molecule has 0 unspecified atom stereocenters. The van der Waals surface area contributed by atoms with Crippen LogP contribution in [0.15, 0.2) is 24.4 Å². The lowest BCUT2D eigenvalue weighted by atomic mass is 10.3. The van der Waals surface area contributed by atoms with Gasteiger partial charge in [0, 0.05) is 11.8 Å². The largest absolute Gasteiger partial charge is 0.475 e. The number of aromatic nitrogens is 2. The van der Waals surface area contributed by atoms with Crippen LogP contribution in [-0.4, -0.2) is 39.6 Å². The maximum atomic E-state index is 12.3. The summed E-state index contributed by atoms with van der Waals surface area (Å²) >= 11 is 5.12.